The van der Waals surface area contributed by atoms with Crippen molar-refractivity contribution in [2.45, 2.75) is 39.2 Å². The van der Waals surface area contributed by atoms with Crippen LogP contribution >= 0.6 is 11.6 Å². The Kier molecular flexibility index (Phi) is 9.18. The molecule has 0 bridgehead atoms. The number of aromatic carboxylic acids is 1. The van der Waals surface area contributed by atoms with Crippen LogP contribution in [0.15, 0.2) is 42.5 Å². The number of benzene rings is 2. The molecule has 0 atom stereocenters. The van der Waals surface area contributed by atoms with E-state index in [9.17, 15) is 23.5 Å². The largest absolute Gasteiger partial charge is 0.481 e. The van der Waals surface area contributed by atoms with Crippen LogP contribution in [0.1, 0.15) is 43.1 Å². The lowest BCUT2D eigenvalue weighted by atomic mass is 10.1. The highest BCUT2D eigenvalue weighted by Crippen LogP contribution is 2.31. The summed E-state index contributed by atoms with van der Waals surface area (Å²) < 4.78 is 38.8. The van der Waals surface area contributed by atoms with Crippen molar-refractivity contribution in [2.24, 2.45) is 0 Å². The number of carbonyl (C=O) groups is 2. The molecule has 2 aromatic carbocycles. The topological polar surface area (TPSA) is 127 Å². The van der Waals surface area contributed by atoms with Gasteiger partial charge in [-0.3, -0.25) is 4.90 Å². The van der Waals surface area contributed by atoms with E-state index in [4.69, 9.17) is 26.8 Å². The molecule has 4 N–H and O–H groups in total. The van der Waals surface area contributed by atoms with E-state index in [-0.39, 0.29) is 46.6 Å². The van der Waals surface area contributed by atoms with Gasteiger partial charge in [0.25, 0.3) is 0 Å². The van der Waals surface area contributed by atoms with Crippen molar-refractivity contribution in [1.29, 1.82) is 0 Å². The Labute approximate surface area is 229 Å². The Balaban J connectivity index is 1.88. The first kappa shape index (κ1) is 29.4. The van der Waals surface area contributed by atoms with Crippen LogP contribution in [0.4, 0.5) is 36.5 Å². The van der Waals surface area contributed by atoms with E-state index < -0.39 is 29.3 Å². The van der Waals surface area contributed by atoms with E-state index in [0.717, 1.165) is 12.1 Å². The van der Waals surface area contributed by atoms with Gasteiger partial charge in [0.1, 0.15) is 17.2 Å². The van der Waals surface area contributed by atoms with E-state index in [2.05, 4.69) is 10.3 Å². The van der Waals surface area contributed by atoms with Gasteiger partial charge in [-0.2, -0.15) is 4.98 Å². The number of nitrogens with one attached hydrogen (secondary N) is 1. The molecule has 0 saturated carbocycles. The lowest BCUT2D eigenvalue weighted by Crippen LogP contribution is -2.38. The van der Waals surface area contributed by atoms with Crippen molar-refractivity contribution in [3.63, 3.8) is 0 Å². The summed E-state index contributed by atoms with van der Waals surface area (Å²) in [6.45, 7) is 5.27. The third-order valence-electron chi connectivity index (χ3n) is 5.41. The molecule has 12 heteroatoms. The van der Waals surface area contributed by atoms with E-state index >= 15 is 0 Å². The first-order valence-electron chi connectivity index (χ1n) is 11.9. The fourth-order valence-corrected chi connectivity index (χ4v) is 3.83. The van der Waals surface area contributed by atoms with Gasteiger partial charge in [0.2, 0.25) is 5.88 Å². The minimum absolute atomic E-state index is 0.0329. The number of nitrogen functional groups attached to an aromatic ring is 1. The van der Waals surface area contributed by atoms with Crippen LogP contribution in [0, 0.1) is 11.6 Å². The number of rotatable bonds is 9. The van der Waals surface area contributed by atoms with Crippen LogP contribution < -0.4 is 20.7 Å². The molecule has 1 aromatic heterocycles. The zero-order valence-electron chi connectivity index (χ0n) is 21.8. The minimum Gasteiger partial charge on any atom is -0.481 e. The normalized spacial score (nSPS) is 11.2. The number of amides is 1. The average Bonchev–Trinajstić information content (AvgIpc) is 2.84. The Morgan fingerprint density at radius 3 is 2.49 bits per heavy atom. The van der Waals surface area contributed by atoms with Crippen LogP contribution in [0.2, 0.25) is 5.02 Å². The SMILES string of the molecule is COc1ccc(N)c(N(CCCc2cc(F)ccc2Nc2cc(Cl)c(F)cc2C(=O)O)C(=O)OC(C)(C)C)n1. The maximum atomic E-state index is 14.2. The number of hydrogen-bond donors (Lipinski definition) is 3. The Hall–Kier alpha value is -4.12. The third-order valence-corrected chi connectivity index (χ3v) is 5.70. The van der Waals surface area contributed by atoms with Gasteiger partial charge in [-0.15, -0.1) is 0 Å². The molecule has 1 amide bonds. The lowest BCUT2D eigenvalue weighted by molar-refractivity contribution is 0.0578. The van der Waals surface area contributed by atoms with Crippen molar-refractivity contribution >= 4 is 46.5 Å². The van der Waals surface area contributed by atoms with E-state index in [1.807, 2.05) is 0 Å². The summed E-state index contributed by atoms with van der Waals surface area (Å²) in [5, 5.41) is 12.1. The first-order chi connectivity index (χ1) is 18.3. The molecule has 9 nitrogen and oxygen atoms in total. The quantitative estimate of drug-likeness (QED) is 0.273. The number of pyridine rings is 1. The maximum absolute atomic E-state index is 14.2. The number of aryl methyl sites for hydroxylation is 1. The maximum Gasteiger partial charge on any atom is 0.416 e. The smallest absolute Gasteiger partial charge is 0.416 e. The molecule has 0 aliphatic carbocycles. The number of halogens is 3. The molecular weight excluding hydrogens is 534 g/mol. The van der Waals surface area contributed by atoms with Gasteiger partial charge in [0.15, 0.2) is 5.82 Å². The van der Waals surface area contributed by atoms with Gasteiger partial charge in [0, 0.05) is 18.3 Å². The van der Waals surface area contributed by atoms with Gasteiger partial charge in [-0.1, -0.05) is 11.6 Å². The Morgan fingerprint density at radius 2 is 1.85 bits per heavy atom. The minimum atomic E-state index is -1.37. The van der Waals surface area contributed by atoms with E-state index in [1.54, 1.807) is 32.9 Å². The van der Waals surface area contributed by atoms with Gasteiger partial charge < -0.3 is 25.6 Å². The number of nitrogens with two attached hydrogens (primary N) is 1. The van der Waals surface area contributed by atoms with Crippen molar-refractivity contribution < 1.29 is 33.0 Å². The van der Waals surface area contributed by atoms with Crippen LogP contribution in [-0.4, -0.2) is 41.4 Å². The summed E-state index contributed by atoms with van der Waals surface area (Å²) in [5.41, 5.74) is 6.09. The molecule has 3 rings (SSSR count). The summed E-state index contributed by atoms with van der Waals surface area (Å²) in [5.74, 6) is -2.38. The number of hydrogen-bond acceptors (Lipinski definition) is 7. The average molecular weight is 563 g/mol. The third kappa shape index (κ3) is 7.70. The first-order valence-corrected chi connectivity index (χ1v) is 12.3. The zero-order chi connectivity index (χ0) is 28.9. The van der Waals surface area contributed by atoms with Crippen molar-refractivity contribution in [2.75, 3.05) is 29.6 Å². The van der Waals surface area contributed by atoms with Crippen molar-refractivity contribution in [1.82, 2.24) is 4.98 Å². The molecule has 0 radical (unpaired) electrons. The highest BCUT2D eigenvalue weighted by atomic mass is 35.5. The molecule has 0 unspecified atom stereocenters. The highest BCUT2D eigenvalue weighted by molar-refractivity contribution is 6.31. The summed E-state index contributed by atoms with van der Waals surface area (Å²) in [6.07, 6.45) is -0.119. The molecule has 0 spiro atoms. The molecule has 0 aliphatic heterocycles. The standard InChI is InChI=1S/C27H29ClF2N4O5/c1-27(2,3)39-26(37)34(24-20(31)8-10-23(33-24)38-4)11-5-6-15-12-16(29)7-9-21(15)32-22-14-18(28)19(30)13-17(22)25(35)36/h7-10,12-14,32H,5-6,11,31H2,1-4H3,(H,35,36). The predicted molar refractivity (Wildman–Crippen MR) is 145 cm³/mol. The summed E-state index contributed by atoms with van der Waals surface area (Å²) in [7, 11) is 1.43. The fourth-order valence-electron chi connectivity index (χ4n) is 3.66. The molecule has 0 saturated heterocycles. The Morgan fingerprint density at radius 1 is 1.13 bits per heavy atom. The van der Waals surface area contributed by atoms with Crippen molar-refractivity contribution in [3.8, 4) is 5.88 Å². The molecular formula is C27H29ClF2N4O5. The van der Waals surface area contributed by atoms with Gasteiger partial charge in [-0.25, -0.2) is 18.4 Å². The second-order valence-corrected chi connectivity index (χ2v) is 9.95. The number of methoxy groups -OCH3 is 1. The van der Waals surface area contributed by atoms with Gasteiger partial charge >= 0.3 is 12.1 Å². The summed E-state index contributed by atoms with van der Waals surface area (Å²) in [4.78, 5) is 30.3. The lowest BCUT2D eigenvalue weighted by Gasteiger charge is -2.27. The summed E-state index contributed by atoms with van der Waals surface area (Å²) >= 11 is 5.87. The van der Waals surface area contributed by atoms with Crippen molar-refractivity contribution in [3.05, 3.63) is 70.2 Å². The molecule has 3 aromatic rings. The zero-order valence-corrected chi connectivity index (χ0v) is 22.6. The van der Waals surface area contributed by atoms with Crippen LogP contribution in [0.25, 0.3) is 0 Å². The summed E-state index contributed by atoms with van der Waals surface area (Å²) in [6, 6.07) is 8.98. The monoisotopic (exact) mass is 562 g/mol. The number of aromatic nitrogens is 1. The number of carbonyl (C=O) groups excluding carboxylic acids is 1. The molecule has 0 aliphatic rings. The van der Waals surface area contributed by atoms with Gasteiger partial charge in [-0.05, 0) is 75.6 Å². The Bertz CT molecular complexity index is 1380. The number of ether oxygens (including phenoxy) is 2. The molecule has 208 valence electrons. The van der Waals surface area contributed by atoms with Crippen LogP contribution in [0.5, 0.6) is 5.88 Å². The number of anilines is 4. The highest BCUT2D eigenvalue weighted by Gasteiger charge is 2.26. The number of carboxylic acid groups (broad SMARTS) is 1. The fraction of sp³-hybridized carbons (Fsp3) is 0.296. The van der Waals surface area contributed by atoms with Crippen LogP contribution in [-0.2, 0) is 11.2 Å². The van der Waals surface area contributed by atoms with Gasteiger partial charge in [0.05, 0.1) is 29.1 Å². The second kappa shape index (κ2) is 12.2. The van der Waals surface area contributed by atoms with E-state index in [1.165, 1.54) is 30.2 Å². The van der Waals surface area contributed by atoms with E-state index in [0.29, 0.717) is 17.7 Å². The predicted octanol–water partition coefficient (Wildman–Crippen LogP) is 6.42. The molecule has 1 heterocycles. The second-order valence-electron chi connectivity index (χ2n) is 9.55. The van der Waals surface area contributed by atoms with Crippen LogP contribution in [0.3, 0.4) is 0 Å². The molecule has 39 heavy (non-hydrogen) atoms. The number of carboxylic acids is 1. The number of nitrogens with zero attached hydrogens (tertiary/aromatic N) is 2. The molecule has 0 fully saturated rings.